The summed E-state index contributed by atoms with van der Waals surface area (Å²) in [6, 6.07) is 11.0. The molecule has 0 aliphatic carbocycles. The van der Waals surface area contributed by atoms with Crippen molar-refractivity contribution in [1.29, 1.82) is 0 Å². The number of hydrogen-bond donors (Lipinski definition) is 2. The van der Waals surface area contributed by atoms with Crippen molar-refractivity contribution < 1.29 is 18.3 Å². The number of guanidine groups is 1. The molecular formula is C22H24FN3O3. The number of para-hydroxylation sites is 1. The average Bonchev–Trinajstić information content (AvgIpc) is 3.06. The molecule has 1 aliphatic heterocycles. The molecule has 0 amide bonds. The number of aryl methyl sites for hydroxylation is 1. The molecule has 2 N–H and O–H groups in total. The normalized spacial score (nSPS) is 13.8. The van der Waals surface area contributed by atoms with Crippen LogP contribution in [0.25, 0.3) is 11.0 Å². The molecule has 0 saturated carbocycles. The van der Waals surface area contributed by atoms with E-state index in [1.165, 1.54) is 12.1 Å². The zero-order valence-corrected chi connectivity index (χ0v) is 16.5. The second kappa shape index (κ2) is 8.53. The molecule has 0 spiro atoms. The summed E-state index contributed by atoms with van der Waals surface area (Å²) in [5.74, 6) is 1.97. The summed E-state index contributed by atoms with van der Waals surface area (Å²) in [4.78, 5) is 4.25. The van der Waals surface area contributed by atoms with Gasteiger partial charge in [-0.3, -0.25) is 4.99 Å². The van der Waals surface area contributed by atoms with Crippen LogP contribution in [0.15, 0.2) is 45.8 Å². The Morgan fingerprint density at radius 3 is 2.90 bits per heavy atom. The van der Waals surface area contributed by atoms with Crippen LogP contribution in [0.1, 0.15) is 22.5 Å². The minimum absolute atomic E-state index is 0.194. The van der Waals surface area contributed by atoms with Gasteiger partial charge in [-0.25, -0.2) is 4.39 Å². The molecule has 0 radical (unpaired) electrons. The molecule has 7 heteroatoms. The number of ether oxygens (including phenoxy) is 2. The van der Waals surface area contributed by atoms with E-state index in [9.17, 15) is 4.39 Å². The predicted molar refractivity (Wildman–Crippen MR) is 110 cm³/mol. The van der Waals surface area contributed by atoms with Crippen molar-refractivity contribution in [2.24, 2.45) is 4.99 Å². The van der Waals surface area contributed by atoms with Crippen LogP contribution in [0.4, 0.5) is 4.39 Å². The van der Waals surface area contributed by atoms with E-state index in [4.69, 9.17) is 13.9 Å². The Morgan fingerprint density at radius 1 is 1.21 bits per heavy atom. The third-order valence-electron chi connectivity index (χ3n) is 5.02. The van der Waals surface area contributed by atoms with Crippen LogP contribution >= 0.6 is 0 Å². The molecule has 1 aromatic heterocycles. The maximum Gasteiger partial charge on any atom is 0.191 e. The van der Waals surface area contributed by atoms with Crippen LogP contribution in [-0.4, -0.2) is 26.3 Å². The Balaban J connectivity index is 1.35. The Hall–Kier alpha value is -3.06. The number of aliphatic imine (C=N–C) groups is 1. The van der Waals surface area contributed by atoms with Gasteiger partial charge in [0, 0.05) is 30.1 Å². The van der Waals surface area contributed by atoms with Gasteiger partial charge in [-0.2, -0.15) is 0 Å². The average molecular weight is 397 g/mol. The Kier molecular flexibility index (Phi) is 5.67. The quantitative estimate of drug-likeness (QED) is 0.508. The minimum Gasteiger partial charge on any atom is -0.467 e. The first-order chi connectivity index (χ1) is 14.2. The maximum atomic E-state index is 13.9. The van der Waals surface area contributed by atoms with Crippen molar-refractivity contribution in [3.63, 3.8) is 0 Å². The van der Waals surface area contributed by atoms with Crippen molar-refractivity contribution in [1.82, 2.24) is 10.6 Å². The fraction of sp³-hybridized carbons (Fsp3) is 0.318. The van der Waals surface area contributed by atoms with Gasteiger partial charge in [0.25, 0.3) is 0 Å². The summed E-state index contributed by atoms with van der Waals surface area (Å²) >= 11 is 0. The number of nitrogens with zero attached hydrogens (tertiary/aromatic N) is 1. The lowest BCUT2D eigenvalue weighted by molar-refractivity contribution is -0.0172. The predicted octanol–water partition coefficient (Wildman–Crippen LogP) is 3.65. The molecule has 2 heterocycles. The second-order valence-corrected chi connectivity index (χ2v) is 6.91. The van der Waals surface area contributed by atoms with E-state index in [1.54, 1.807) is 7.05 Å². The van der Waals surface area contributed by atoms with Crippen LogP contribution in [-0.2, 0) is 24.3 Å². The summed E-state index contributed by atoms with van der Waals surface area (Å²) < 4.78 is 30.6. The lowest BCUT2D eigenvalue weighted by Crippen LogP contribution is -2.38. The molecule has 0 atom stereocenters. The second-order valence-electron chi connectivity index (χ2n) is 6.91. The van der Waals surface area contributed by atoms with Crippen LogP contribution in [0, 0.1) is 12.7 Å². The van der Waals surface area contributed by atoms with Crippen LogP contribution in [0.2, 0.25) is 0 Å². The van der Waals surface area contributed by atoms with Gasteiger partial charge >= 0.3 is 0 Å². The van der Waals surface area contributed by atoms with Crippen molar-refractivity contribution in [3.8, 4) is 5.75 Å². The van der Waals surface area contributed by atoms with Gasteiger partial charge in [-0.1, -0.05) is 18.2 Å². The van der Waals surface area contributed by atoms with E-state index >= 15 is 0 Å². The van der Waals surface area contributed by atoms with Gasteiger partial charge in [0.15, 0.2) is 12.8 Å². The van der Waals surface area contributed by atoms with Crippen LogP contribution < -0.4 is 15.4 Å². The van der Waals surface area contributed by atoms with Crippen LogP contribution in [0.5, 0.6) is 5.75 Å². The smallest absolute Gasteiger partial charge is 0.191 e. The van der Waals surface area contributed by atoms with Crippen molar-refractivity contribution in [2.45, 2.75) is 26.5 Å². The van der Waals surface area contributed by atoms with Crippen molar-refractivity contribution >= 4 is 16.9 Å². The Labute approximate surface area is 168 Å². The zero-order valence-electron chi connectivity index (χ0n) is 16.5. The van der Waals surface area contributed by atoms with Crippen molar-refractivity contribution in [2.75, 3.05) is 20.4 Å². The summed E-state index contributed by atoms with van der Waals surface area (Å²) in [6.45, 7) is 3.72. The van der Waals surface area contributed by atoms with E-state index in [1.807, 2.05) is 18.2 Å². The number of halogens is 1. The molecule has 0 saturated heterocycles. The number of furan rings is 1. The number of rotatable bonds is 5. The molecule has 1 aliphatic rings. The SMILES string of the molecule is CN=C(NCCc1cc(F)cc2c1OCOC2)NCc1oc2ccccc2c1C. The molecular weight excluding hydrogens is 373 g/mol. The molecule has 2 aromatic carbocycles. The van der Waals surface area contributed by atoms with Gasteiger partial charge in [0.1, 0.15) is 22.9 Å². The summed E-state index contributed by atoms with van der Waals surface area (Å²) in [5, 5.41) is 7.64. The zero-order chi connectivity index (χ0) is 20.2. The van der Waals surface area contributed by atoms with E-state index in [0.717, 1.165) is 39.2 Å². The van der Waals surface area contributed by atoms with E-state index in [2.05, 4.69) is 28.6 Å². The van der Waals surface area contributed by atoms with Gasteiger partial charge in [0.2, 0.25) is 0 Å². The highest BCUT2D eigenvalue weighted by atomic mass is 19.1. The highest BCUT2D eigenvalue weighted by Crippen LogP contribution is 2.29. The molecule has 0 bridgehead atoms. The lowest BCUT2D eigenvalue weighted by atomic mass is 10.1. The molecule has 3 aromatic rings. The lowest BCUT2D eigenvalue weighted by Gasteiger charge is -2.21. The molecule has 4 rings (SSSR count). The molecule has 6 nitrogen and oxygen atoms in total. The van der Waals surface area contributed by atoms with E-state index in [0.29, 0.717) is 32.1 Å². The highest BCUT2D eigenvalue weighted by molar-refractivity contribution is 5.82. The summed E-state index contributed by atoms with van der Waals surface area (Å²) in [5.41, 5.74) is 3.56. The van der Waals surface area contributed by atoms with Gasteiger partial charge < -0.3 is 24.5 Å². The fourth-order valence-corrected chi connectivity index (χ4v) is 3.54. The first kappa shape index (κ1) is 19.3. The molecule has 29 heavy (non-hydrogen) atoms. The molecule has 0 unspecified atom stereocenters. The van der Waals surface area contributed by atoms with Gasteiger partial charge in [0.05, 0.1) is 13.2 Å². The number of fused-ring (bicyclic) bond motifs is 2. The van der Waals surface area contributed by atoms with Gasteiger partial charge in [-0.05, 0) is 37.1 Å². The number of benzene rings is 2. The molecule has 0 fully saturated rings. The summed E-state index contributed by atoms with van der Waals surface area (Å²) in [7, 11) is 1.71. The largest absolute Gasteiger partial charge is 0.467 e. The fourth-order valence-electron chi connectivity index (χ4n) is 3.54. The van der Waals surface area contributed by atoms with E-state index < -0.39 is 0 Å². The Morgan fingerprint density at radius 2 is 2.07 bits per heavy atom. The Bertz CT molecular complexity index is 1050. The third-order valence-corrected chi connectivity index (χ3v) is 5.02. The first-order valence-electron chi connectivity index (χ1n) is 9.59. The van der Waals surface area contributed by atoms with E-state index in [-0.39, 0.29) is 12.6 Å². The topological polar surface area (TPSA) is 68.0 Å². The van der Waals surface area contributed by atoms with Crippen molar-refractivity contribution in [3.05, 3.63) is 64.7 Å². The monoisotopic (exact) mass is 397 g/mol. The van der Waals surface area contributed by atoms with Crippen LogP contribution in [0.3, 0.4) is 0 Å². The highest BCUT2D eigenvalue weighted by Gasteiger charge is 2.17. The maximum absolute atomic E-state index is 13.9. The standard InChI is InChI=1S/C22H24FN3O3/c1-14-18-5-3-4-6-19(18)29-20(14)11-26-22(24-2)25-8-7-15-9-17(23)10-16-12-27-13-28-21(15)16/h3-6,9-10H,7-8,11-13H2,1-2H3,(H2,24,25,26). The first-order valence-corrected chi connectivity index (χ1v) is 9.59. The third kappa shape index (κ3) is 4.19. The summed E-state index contributed by atoms with van der Waals surface area (Å²) in [6.07, 6.45) is 0.602. The number of hydrogen-bond acceptors (Lipinski definition) is 4. The molecule has 152 valence electrons. The minimum atomic E-state index is -0.282. The van der Waals surface area contributed by atoms with Gasteiger partial charge in [-0.15, -0.1) is 0 Å². The number of nitrogens with one attached hydrogen (secondary N) is 2.